The maximum Gasteiger partial charge on any atom is 0.239 e. The van der Waals surface area contributed by atoms with Gasteiger partial charge in [0.25, 0.3) is 0 Å². The average molecular weight is 287 g/mol. The molecule has 114 valence electrons. The number of amides is 1. The van der Waals surface area contributed by atoms with Crippen LogP contribution in [0.3, 0.4) is 0 Å². The molecule has 1 heterocycles. The van der Waals surface area contributed by atoms with Gasteiger partial charge in [0.1, 0.15) is 6.04 Å². The Hall–Kier alpha value is -1.39. The lowest BCUT2D eigenvalue weighted by atomic mass is 9.76. The first kappa shape index (κ1) is 14.5. The van der Waals surface area contributed by atoms with Crippen LogP contribution in [0.25, 0.3) is 0 Å². The Bertz CT molecular complexity index is 490. The minimum atomic E-state index is -0.107. The lowest BCUT2D eigenvalue weighted by molar-refractivity contribution is -0.124. The summed E-state index contributed by atoms with van der Waals surface area (Å²) in [4.78, 5) is 12.6. The Labute approximate surface area is 126 Å². The van der Waals surface area contributed by atoms with Crippen LogP contribution >= 0.6 is 0 Å². The fraction of sp³-hybridized carbons (Fsp3) is 0.588. The van der Waals surface area contributed by atoms with Crippen LogP contribution in [-0.2, 0) is 4.79 Å². The monoisotopic (exact) mass is 287 g/mol. The molecule has 1 aromatic rings. The van der Waals surface area contributed by atoms with Crippen molar-refractivity contribution in [3.8, 4) is 0 Å². The number of hydrogen-bond acceptors (Lipinski definition) is 3. The van der Waals surface area contributed by atoms with Crippen molar-refractivity contribution in [2.24, 2.45) is 11.8 Å². The van der Waals surface area contributed by atoms with Gasteiger partial charge < -0.3 is 5.32 Å². The van der Waals surface area contributed by atoms with Crippen molar-refractivity contribution in [1.29, 1.82) is 0 Å². The third kappa shape index (κ3) is 3.11. The molecule has 1 aliphatic carbocycles. The van der Waals surface area contributed by atoms with Gasteiger partial charge in [-0.1, -0.05) is 37.3 Å². The van der Waals surface area contributed by atoms with Crippen molar-refractivity contribution < 1.29 is 4.79 Å². The number of carbonyl (C=O) groups is 1. The van der Waals surface area contributed by atoms with Crippen LogP contribution in [0, 0.1) is 11.8 Å². The van der Waals surface area contributed by atoms with Crippen molar-refractivity contribution in [3.63, 3.8) is 0 Å². The summed E-state index contributed by atoms with van der Waals surface area (Å²) >= 11 is 0. The van der Waals surface area contributed by atoms with Crippen LogP contribution in [0.2, 0.25) is 0 Å². The Morgan fingerprint density at radius 3 is 2.76 bits per heavy atom. The number of fused-ring (bicyclic) bond motifs is 1. The summed E-state index contributed by atoms with van der Waals surface area (Å²) in [5.74, 6) is 1.24. The van der Waals surface area contributed by atoms with Crippen LogP contribution in [0.15, 0.2) is 30.3 Å². The van der Waals surface area contributed by atoms with E-state index >= 15 is 0 Å². The minimum Gasteiger partial charge on any atom is -0.348 e. The summed E-state index contributed by atoms with van der Waals surface area (Å²) in [5, 5.41) is 3.14. The highest BCUT2D eigenvalue weighted by Crippen LogP contribution is 2.33. The molecule has 5 unspecified atom stereocenters. The largest absolute Gasteiger partial charge is 0.348 e. The van der Waals surface area contributed by atoms with E-state index in [-0.39, 0.29) is 18.0 Å². The number of rotatable bonds is 3. The molecular formula is C17H25N3O. The van der Waals surface area contributed by atoms with Gasteiger partial charge in [-0.05, 0) is 37.7 Å². The maximum absolute atomic E-state index is 12.6. The zero-order valence-electron chi connectivity index (χ0n) is 12.8. The molecule has 1 saturated heterocycles. The van der Waals surface area contributed by atoms with Crippen molar-refractivity contribution in [1.82, 2.24) is 16.2 Å². The normalized spacial score (nSPS) is 33.2. The molecule has 2 aliphatic rings. The Morgan fingerprint density at radius 1 is 1.24 bits per heavy atom. The second-order valence-electron chi connectivity index (χ2n) is 6.60. The summed E-state index contributed by atoms with van der Waals surface area (Å²) in [6.07, 6.45) is 3.55. The Balaban J connectivity index is 1.63. The first-order chi connectivity index (χ1) is 10.1. The fourth-order valence-electron chi connectivity index (χ4n) is 3.66. The van der Waals surface area contributed by atoms with Crippen molar-refractivity contribution in [2.75, 3.05) is 0 Å². The number of benzene rings is 1. The van der Waals surface area contributed by atoms with Crippen LogP contribution in [0.1, 0.15) is 44.7 Å². The Morgan fingerprint density at radius 2 is 2.00 bits per heavy atom. The summed E-state index contributed by atoms with van der Waals surface area (Å²) in [6, 6.07) is 10.5. The maximum atomic E-state index is 12.6. The molecule has 1 aliphatic heterocycles. The zero-order chi connectivity index (χ0) is 14.8. The van der Waals surface area contributed by atoms with Crippen molar-refractivity contribution in [3.05, 3.63) is 35.9 Å². The first-order valence-electron chi connectivity index (χ1n) is 8.01. The molecule has 3 rings (SSSR count). The van der Waals surface area contributed by atoms with Gasteiger partial charge in [-0.2, -0.15) is 0 Å². The van der Waals surface area contributed by atoms with Gasteiger partial charge in [0.2, 0.25) is 5.91 Å². The average Bonchev–Trinajstić information content (AvgIpc) is 2.91. The van der Waals surface area contributed by atoms with E-state index in [1.165, 1.54) is 6.42 Å². The summed E-state index contributed by atoms with van der Waals surface area (Å²) in [6.45, 7) is 4.33. The molecule has 0 spiro atoms. The highest BCUT2D eigenvalue weighted by atomic mass is 16.2. The van der Waals surface area contributed by atoms with E-state index in [9.17, 15) is 4.79 Å². The number of carbonyl (C=O) groups excluding carboxylic acids is 1. The molecule has 0 radical (unpaired) electrons. The van der Waals surface area contributed by atoms with Crippen LogP contribution in [0.4, 0.5) is 0 Å². The van der Waals surface area contributed by atoms with E-state index in [0.717, 1.165) is 24.3 Å². The van der Waals surface area contributed by atoms with Gasteiger partial charge in [-0.25, -0.2) is 5.43 Å². The number of hydrazine groups is 1. The molecule has 4 heteroatoms. The minimum absolute atomic E-state index is 0.0422. The lowest BCUT2D eigenvalue weighted by Gasteiger charge is -2.31. The van der Waals surface area contributed by atoms with Crippen LogP contribution < -0.4 is 16.2 Å². The molecule has 0 aromatic heterocycles. The predicted octanol–water partition coefficient (Wildman–Crippen LogP) is 2.14. The van der Waals surface area contributed by atoms with Crippen LogP contribution in [0.5, 0.6) is 0 Å². The first-order valence-corrected chi connectivity index (χ1v) is 8.01. The second kappa shape index (κ2) is 6.16. The summed E-state index contributed by atoms with van der Waals surface area (Å²) < 4.78 is 0. The predicted molar refractivity (Wildman–Crippen MR) is 83.4 cm³/mol. The smallest absolute Gasteiger partial charge is 0.239 e. The molecule has 0 bridgehead atoms. The van der Waals surface area contributed by atoms with Crippen LogP contribution in [-0.4, -0.2) is 18.0 Å². The van der Waals surface area contributed by atoms with Gasteiger partial charge in [-0.3, -0.25) is 10.2 Å². The van der Waals surface area contributed by atoms with Gasteiger partial charge in [0, 0.05) is 12.0 Å². The molecule has 1 amide bonds. The molecular weight excluding hydrogens is 262 g/mol. The van der Waals surface area contributed by atoms with Gasteiger partial charge >= 0.3 is 0 Å². The third-order valence-electron chi connectivity index (χ3n) is 4.96. The molecule has 3 N–H and O–H groups in total. The molecule has 1 aromatic carbocycles. The Kier molecular flexibility index (Phi) is 4.27. The highest BCUT2D eigenvalue weighted by molar-refractivity contribution is 5.83. The molecule has 21 heavy (non-hydrogen) atoms. The van der Waals surface area contributed by atoms with Gasteiger partial charge in [0.05, 0.1) is 6.04 Å². The molecule has 2 fully saturated rings. The quantitative estimate of drug-likeness (QED) is 0.798. The van der Waals surface area contributed by atoms with E-state index in [2.05, 4.69) is 35.2 Å². The lowest BCUT2D eigenvalue weighted by Crippen LogP contribution is -2.46. The highest BCUT2D eigenvalue weighted by Gasteiger charge is 2.42. The van der Waals surface area contributed by atoms with E-state index in [0.29, 0.717) is 12.0 Å². The topological polar surface area (TPSA) is 53.2 Å². The number of nitrogens with one attached hydrogen (secondary N) is 3. The van der Waals surface area contributed by atoms with Crippen molar-refractivity contribution >= 4 is 5.91 Å². The van der Waals surface area contributed by atoms with Gasteiger partial charge in [0.15, 0.2) is 0 Å². The summed E-state index contributed by atoms with van der Waals surface area (Å²) in [7, 11) is 0. The fourth-order valence-corrected chi connectivity index (χ4v) is 3.66. The van der Waals surface area contributed by atoms with Gasteiger partial charge in [-0.15, -0.1) is 0 Å². The molecule has 4 nitrogen and oxygen atoms in total. The molecule has 5 atom stereocenters. The van der Waals surface area contributed by atoms with Crippen molar-refractivity contribution in [2.45, 2.75) is 51.2 Å². The third-order valence-corrected chi connectivity index (χ3v) is 4.96. The summed E-state index contributed by atoms with van der Waals surface area (Å²) in [5.41, 5.74) is 7.67. The second-order valence-corrected chi connectivity index (χ2v) is 6.60. The standard InChI is InChI=1S/C17H25N3O/c1-11-8-9-15-14(10-11)16(20-19-15)17(21)18-12(2)13-6-4-3-5-7-13/h3-7,11-12,14-16,19-20H,8-10H2,1-2H3,(H,18,21). The van der Waals surface area contributed by atoms with E-state index in [4.69, 9.17) is 0 Å². The zero-order valence-corrected chi connectivity index (χ0v) is 12.8. The SMILES string of the molecule is CC1CCC2NNC(C(=O)NC(C)c3ccccc3)C2C1. The van der Waals surface area contributed by atoms with E-state index in [1.54, 1.807) is 0 Å². The number of hydrogen-bond donors (Lipinski definition) is 3. The molecule has 1 saturated carbocycles. The van der Waals surface area contributed by atoms with E-state index in [1.807, 2.05) is 25.1 Å². The van der Waals surface area contributed by atoms with E-state index < -0.39 is 0 Å².